The molecule has 0 spiro atoms. The van der Waals surface area contributed by atoms with E-state index in [9.17, 15) is 13.2 Å². The molecule has 2 aromatic rings. The third kappa shape index (κ3) is 5.85. The fraction of sp³-hybridized carbons (Fsp3) is 0.176. The maximum atomic E-state index is 12.2. The number of carbonyl (C=O) groups is 1. The van der Waals surface area contributed by atoms with Crippen LogP contribution in [0.5, 0.6) is 5.75 Å². The van der Waals surface area contributed by atoms with Gasteiger partial charge >= 0.3 is 0 Å². The first-order valence-electron chi connectivity index (χ1n) is 7.60. The summed E-state index contributed by atoms with van der Waals surface area (Å²) in [6.07, 6.45) is 2.37. The molecule has 144 valence electrons. The number of nitrogens with zero attached hydrogens (tertiary/aromatic N) is 2. The summed E-state index contributed by atoms with van der Waals surface area (Å²) in [5.41, 5.74) is 3.16. The van der Waals surface area contributed by atoms with E-state index >= 15 is 0 Å². The van der Waals surface area contributed by atoms with Gasteiger partial charge in [0.1, 0.15) is 12.3 Å². The zero-order valence-corrected chi connectivity index (χ0v) is 16.8. The Morgan fingerprint density at radius 2 is 1.93 bits per heavy atom. The number of methoxy groups -OCH3 is 1. The van der Waals surface area contributed by atoms with E-state index in [1.54, 1.807) is 42.5 Å². The molecule has 0 saturated carbocycles. The van der Waals surface area contributed by atoms with Crippen LogP contribution in [0.2, 0.25) is 10.0 Å². The molecule has 0 heterocycles. The lowest BCUT2D eigenvalue weighted by atomic mass is 10.2. The van der Waals surface area contributed by atoms with Gasteiger partial charge in [0.15, 0.2) is 0 Å². The van der Waals surface area contributed by atoms with Crippen molar-refractivity contribution in [3.8, 4) is 5.75 Å². The Bertz CT molecular complexity index is 964. The lowest BCUT2D eigenvalue weighted by Gasteiger charge is -2.23. The van der Waals surface area contributed by atoms with Gasteiger partial charge in [-0.2, -0.15) is 5.10 Å². The van der Waals surface area contributed by atoms with Crippen LogP contribution in [0.4, 0.5) is 5.69 Å². The zero-order valence-electron chi connectivity index (χ0n) is 14.5. The van der Waals surface area contributed by atoms with Crippen molar-refractivity contribution >= 4 is 51.0 Å². The first-order valence-corrected chi connectivity index (χ1v) is 10.2. The van der Waals surface area contributed by atoms with Crippen LogP contribution < -0.4 is 14.5 Å². The van der Waals surface area contributed by atoms with E-state index in [-0.39, 0.29) is 5.69 Å². The van der Waals surface area contributed by atoms with E-state index in [4.69, 9.17) is 27.9 Å². The number of anilines is 1. The Balaban J connectivity index is 2.12. The molecule has 0 unspecified atom stereocenters. The summed E-state index contributed by atoms with van der Waals surface area (Å²) in [7, 11) is -2.31. The smallest absolute Gasteiger partial charge is 0.260 e. The number of para-hydroxylation sites is 2. The van der Waals surface area contributed by atoms with E-state index in [1.165, 1.54) is 13.3 Å². The molecule has 0 atom stereocenters. The molecule has 7 nitrogen and oxygen atoms in total. The number of hydrogen-bond donors (Lipinski definition) is 1. The summed E-state index contributed by atoms with van der Waals surface area (Å²) in [6.45, 7) is -0.460. The molecule has 2 aromatic carbocycles. The highest BCUT2D eigenvalue weighted by Crippen LogP contribution is 2.29. The van der Waals surface area contributed by atoms with Crippen LogP contribution in [-0.4, -0.2) is 40.4 Å². The summed E-state index contributed by atoms with van der Waals surface area (Å²) in [5, 5.41) is 4.56. The van der Waals surface area contributed by atoms with Crippen LogP contribution in [0.3, 0.4) is 0 Å². The molecule has 0 aliphatic rings. The quantitative estimate of drug-likeness (QED) is 0.541. The molecule has 0 radical (unpaired) electrons. The average Bonchev–Trinajstić information content (AvgIpc) is 2.61. The number of hydrazone groups is 1. The van der Waals surface area contributed by atoms with E-state index in [2.05, 4.69) is 10.5 Å². The van der Waals surface area contributed by atoms with Crippen molar-refractivity contribution in [2.75, 3.05) is 24.2 Å². The number of ether oxygens (including phenoxy) is 1. The van der Waals surface area contributed by atoms with Gasteiger partial charge in [0.2, 0.25) is 10.0 Å². The molecule has 0 aromatic heterocycles. The third-order valence-electron chi connectivity index (χ3n) is 3.39. The van der Waals surface area contributed by atoms with Crippen molar-refractivity contribution in [3.63, 3.8) is 0 Å². The van der Waals surface area contributed by atoms with Crippen molar-refractivity contribution < 1.29 is 17.9 Å². The maximum absolute atomic E-state index is 12.2. The second-order valence-electron chi connectivity index (χ2n) is 5.41. The van der Waals surface area contributed by atoms with Crippen molar-refractivity contribution in [2.45, 2.75) is 0 Å². The zero-order chi connectivity index (χ0) is 20.0. The van der Waals surface area contributed by atoms with Gasteiger partial charge < -0.3 is 4.74 Å². The van der Waals surface area contributed by atoms with Gasteiger partial charge in [-0.1, -0.05) is 41.4 Å². The Morgan fingerprint density at radius 3 is 2.56 bits per heavy atom. The SMILES string of the molecule is COc1ccccc1N(CC(=O)N/N=C\c1ccc(Cl)c(Cl)c1)S(C)(=O)=O. The van der Waals surface area contributed by atoms with E-state index in [0.29, 0.717) is 21.4 Å². The van der Waals surface area contributed by atoms with Crippen LogP contribution >= 0.6 is 23.2 Å². The Morgan fingerprint density at radius 1 is 1.22 bits per heavy atom. The molecular formula is C17H17Cl2N3O4S. The predicted molar refractivity (Wildman–Crippen MR) is 107 cm³/mol. The summed E-state index contributed by atoms with van der Waals surface area (Å²) in [5.74, 6) is -0.294. The van der Waals surface area contributed by atoms with Gasteiger partial charge in [-0.15, -0.1) is 0 Å². The van der Waals surface area contributed by atoms with Crippen LogP contribution in [0.1, 0.15) is 5.56 Å². The number of nitrogens with one attached hydrogen (secondary N) is 1. The van der Waals surface area contributed by atoms with E-state index in [1.807, 2.05) is 0 Å². The molecule has 0 bridgehead atoms. The Labute approximate surface area is 167 Å². The molecule has 0 aliphatic heterocycles. The fourth-order valence-corrected chi connectivity index (χ4v) is 3.32. The van der Waals surface area contributed by atoms with Crippen molar-refractivity contribution in [1.29, 1.82) is 0 Å². The molecule has 2 rings (SSSR count). The highest BCUT2D eigenvalue weighted by atomic mass is 35.5. The van der Waals surface area contributed by atoms with Crippen molar-refractivity contribution in [2.24, 2.45) is 5.10 Å². The predicted octanol–water partition coefficient (Wildman–Crippen LogP) is 2.92. The molecule has 0 fully saturated rings. The highest BCUT2D eigenvalue weighted by Gasteiger charge is 2.23. The first-order chi connectivity index (χ1) is 12.7. The topological polar surface area (TPSA) is 88.1 Å². The molecule has 0 aliphatic carbocycles. The van der Waals surface area contributed by atoms with E-state index < -0.39 is 22.5 Å². The Hall–Kier alpha value is -2.29. The van der Waals surface area contributed by atoms with Crippen molar-refractivity contribution in [3.05, 3.63) is 58.1 Å². The second-order valence-corrected chi connectivity index (χ2v) is 8.13. The summed E-state index contributed by atoms with van der Waals surface area (Å²) in [4.78, 5) is 12.2. The minimum absolute atomic E-state index is 0.256. The lowest BCUT2D eigenvalue weighted by Crippen LogP contribution is -2.39. The molecule has 27 heavy (non-hydrogen) atoms. The van der Waals surface area contributed by atoms with Crippen LogP contribution in [0.15, 0.2) is 47.6 Å². The van der Waals surface area contributed by atoms with Gasteiger partial charge in [0.25, 0.3) is 5.91 Å². The second kappa shape index (κ2) is 9.07. The first kappa shape index (κ1) is 21.0. The molecule has 1 N–H and O–H groups in total. The van der Waals surface area contributed by atoms with Crippen LogP contribution in [0, 0.1) is 0 Å². The maximum Gasteiger partial charge on any atom is 0.260 e. The number of sulfonamides is 1. The number of amides is 1. The van der Waals surface area contributed by atoms with Gasteiger partial charge in [0.05, 0.1) is 35.3 Å². The number of halogens is 2. The molecule has 10 heteroatoms. The number of carbonyl (C=O) groups excluding carboxylic acids is 1. The van der Waals surface area contributed by atoms with Gasteiger partial charge in [-0.3, -0.25) is 9.10 Å². The summed E-state index contributed by atoms with van der Waals surface area (Å²) < 4.78 is 30.4. The highest BCUT2D eigenvalue weighted by molar-refractivity contribution is 7.92. The van der Waals surface area contributed by atoms with Crippen molar-refractivity contribution in [1.82, 2.24) is 5.43 Å². The molecule has 0 saturated heterocycles. The van der Waals surface area contributed by atoms with Crippen LogP contribution in [-0.2, 0) is 14.8 Å². The number of hydrogen-bond acceptors (Lipinski definition) is 5. The standard InChI is InChI=1S/C17H17Cl2N3O4S/c1-26-16-6-4-3-5-15(16)22(27(2,24)25)11-17(23)21-20-10-12-7-8-13(18)14(19)9-12/h3-10H,11H2,1-2H3,(H,21,23)/b20-10-. The lowest BCUT2D eigenvalue weighted by molar-refractivity contribution is -0.119. The minimum atomic E-state index is -3.72. The van der Waals surface area contributed by atoms with Gasteiger partial charge in [-0.05, 0) is 29.8 Å². The third-order valence-corrected chi connectivity index (χ3v) is 5.25. The van der Waals surface area contributed by atoms with Gasteiger partial charge in [-0.25, -0.2) is 13.8 Å². The average molecular weight is 430 g/mol. The number of benzene rings is 2. The monoisotopic (exact) mass is 429 g/mol. The van der Waals surface area contributed by atoms with Gasteiger partial charge in [0, 0.05) is 0 Å². The largest absolute Gasteiger partial charge is 0.495 e. The fourth-order valence-electron chi connectivity index (χ4n) is 2.15. The molecule has 1 amide bonds. The van der Waals surface area contributed by atoms with E-state index in [0.717, 1.165) is 10.6 Å². The van der Waals surface area contributed by atoms with Crippen LogP contribution in [0.25, 0.3) is 0 Å². The minimum Gasteiger partial charge on any atom is -0.495 e. The molecular weight excluding hydrogens is 413 g/mol. The normalized spacial score (nSPS) is 11.4. The summed E-state index contributed by atoms with van der Waals surface area (Å²) >= 11 is 11.7. The summed E-state index contributed by atoms with van der Waals surface area (Å²) in [6, 6.07) is 11.3. The Kier molecular flexibility index (Phi) is 7.06. The number of rotatable bonds is 7.